The van der Waals surface area contributed by atoms with E-state index in [4.69, 9.17) is 4.74 Å². The van der Waals surface area contributed by atoms with Crippen molar-refractivity contribution in [1.82, 2.24) is 10.2 Å². The van der Waals surface area contributed by atoms with Gasteiger partial charge in [-0.25, -0.2) is 9.38 Å². The van der Waals surface area contributed by atoms with Gasteiger partial charge in [0.1, 0.15) is 11.6 Å². The summed E-state index contributed by atoms with van der Waals surface area (Å²) in [6.07, 6.45) is 0.776. The number of nitrogens with one attached hydrogen (secondary N) is 1. The van der Waals surface area contributed by atoms with Crippen molar-refractivity contribution >= 4 is 34.4 Å². The quantitative estimate of drug-likeness (QED) is 0.495. The molecule has 0 unspecified atom stereocenters. The molecular formula is C27H26FN3O3S. The Balaban J connectivity index is 1.49. The summed E-state index contributed by atoms with van der Waals surface area (Å²) >= 11 is 1.25. The van der Waals surface area contributed by atoms with E-state index in [0.717, 1.165) is 16.9 Å². The molecule has 0 spiro atoms. The molecule has 6 nitrogen and oxygen atoms in total. The fourth-order valence-corrected chi connectivity index (χ4v) is 4.75. The van der Waals surface area contributed by atoms with E-state index in [-0.39, 0.29) is 24.1 Å². The summed E-state index contributed by atoms with van der Waals surface area (Å²) in [5.41, 5.74) is 2.54. The normalized spacial score (nSPS) is 16.9. The van der Waals surface area contributed by atoms with Gasteiger partial charge in [-0.1, -0.05) is 54.2 Å². The van der Waals surface area contributed by atoms with Crippen molar-refractivity contribution in [1.29, 1.82) is 0 Å². The molecule has 0 aliphatic carbocycles. The van der Waals surface area contributed by atoms with Crippen LogP contribution >= 0.6 is 11.8 Å². The van der Waals surface area contributed by atoms with E-state index in [9.17, 15) is 14.0 Å². The van der Waals surface area contributed by atoms with E-state index in [2.05, 4.69) is 10.3 Å². The number of ether oxygens (including phenoxy) is 1. The fraction of sp³-hybridized carbons (Fsp3) is 0.222. The van der Waals surface area contributed by atoms with E-state index in [1.54, 1.807) is 24.1 Å². The molecule has 1 saturated heterocycles. The maximum atomic E-state index is 13.4. The molecular weight excluding hydrogens is 465 g/mol. The monoisotopic (exact) mass is 491 g/mol. The number of amides is 2. The number of aliphatic imine (C=N–C) groups is 1. The lowest BCUT2D eigenvalue weighted by molar-refractivity contribution is -0.130. The number of carbonyl (C=O) groups is 2. The largest absolute Gasteiger partial charge is 0.497 e. The van der Waals surface area contributed by atoms with Crippen molar-refractivity contribution in [3.05, 3.63) is 95.8 Å². The molecule has 180 valence electrons. The fourth-order valence-electron chi connectivity index (χ4n) is 3.62. The lowest BCUT2D eigenvalue weighted by Crippen LogP contribution is -2.46. The third-order valence-corrected chi connectivity index (χ3v) is 6.73. The van der Waals surface area contributed by atoms with Crippen molar-refractivity contribution in [3.63, 3.8) is 0 Å². The Labute approximate surface area is 208 Å². The minimum Gasteiger partial charge on any atom is -0.497 e. The van der Waals surface area contributed by atoms with E-state index >= 15 is 0 Å². The van der Waals surface area contributed by atoms with Crippen LogP contribution in [-0.2, 0) is 22.6 Å². The van der Waals surface area contributed by atoms with Gasteiger partial charge in [-0.2, -0.15) is 0 Å². The number of nitrogens with zero attached hydrogens (tertiary/aromatic N) is 2. The van der Waals surface area contributed by atoms with Crippen LogP contribution < -0.4 is 10.1 Å². The first kappa shape index (κ1) is 24.5. The molecule has 1 aliphatic heterocycles. The van der Waals surface area contributed by atoms with Gasteiger partial charge in [0, 0.05) is 13.0 Å². The van der Waals surface area contributed by atoms with Crippen molar-refractivity contribution < 1.29 is 18.7 Å². The second-order valence-electron chi connectivity index (χ2n) is 8.04. The molecule has 1 N–H and O–H groups in total. The first-order valence-electron chi connectivity index (χ1n) is 11.3. The molecule has 2 amide bonds. The Morgan fingerprint density at radius 2 is 1.77 bits per heavy atom. The number of thioether (sulfide) groups is 1. The summed E-state index contributed by atoms with van der Waals surface area (Å²) in [6, 6.07) is 23.0. The molecule has 1 aliphatic rings. The van der Waals surface area contributed by atoms with Gasteiger partial charge < -0.3 is 10.1 Å². The number of hydrogen-bond donors (Lipinski definition) is 1. The number of carbonyl (C=O) groups excluding carboxylic acids is 2. The molecule has 1 fully saturated rings. The number of rotatable bonds is 8. The van der Waals surface area contributed by atoms with E-state index in [1.807, 2.05) is 54.6 Å². The average molecular weight is 492 g/mol. The maximum absolute atomic E-state index is 13.4. The van der Waals surface area contributed by atoms with Crippen LogP contribution in [0.15, 0.2) is 83.9 Å². The lowest BCUT2D eigenvalue weighted by atomic mass is 10.1. The molecule has 3 aromatic rings. The van der Waals surface area contributed by atoms with Gasteiger partial charge in [0.15, 0.2) is 5.17 Å². The summed E-state index contributed by atoms with van der Waals surface area (Å²) in [4.78, 5) is 32.2. The Hall–Kier alpha value is -3.65. The third-order valence-electron chi connectivity index (χ3n) is 5.54. The van der Waals surface area contributed by atoms with Crippen LogP contribution in [0.25, 0.3) is 0 Å². The molecule has 1 heterocycles. The summed E-state index contributed by atoms with van der Waals surface area (Å²) in [5, 5.41) is 2.76. The zero-order valence-electron chi connectivity index (χ0n) is 19.3. The summed E-state index contributed by atoms with van der Waals surface area (Å²) < 4.78 is 18.6. The van der Waals surface area contributed by atoms with Gasteiger partial charge in [0.25, 0.3) is 0 Å². The SMILES string of the molecule is COc1ccc(CN2C(=O)C[C@@H](C(=O)NCCc3ccccc3)SC2=Nc2ccc(F)cc2)cc1. The maximum Gasteiger partial charge on any atom is 0.234 e. The van der Waals surface area contributed by atoms with Crippen LogP contribution in [0.2, 0.25) is 0 Å². The van der Waals surface area contributed by atoms with Crippen LogP contribution in [0.1, 0.15) is 17.5 Å². The predicted octanol–water partition coefficient (Wildman–Crippen LogP) is 4.72. The van der Waals surface area contributed by atoms with Crippen LogP contribution in [0.4, 0.5) is 10.1 Å². The van der Waals surface area contributed by atoms with Crippen LogP contribution in [0.3, 0.4) is 0 Å². The number of halogens is 1. The van der Waals surface area contributed by atoms with Crippen molar-refractivity contribution in [2.75, 3.05) is 13.7 Å². The lowest BCUT2D eigenvalue weighted by Gasteiger charge is -2.32. The van der Waals surface area contributed by atoms with E-state index < -0.39 is 5.25 Å². The highest BCUT2D eigenvalue weighted by molar-refractivity contribution is 8.15. The Morgan fingerprint density at radius 3 is 2.46 bits per heavy atom. The summed E-state index contributed by atoms with van der Waals surface area (Å²) in [6.45, 7) is 0.784. The Kier molecular flexibility index (Phi) is 8.15. The highest BCUT2D eigenvalue weighted by atomic mass is 32.2. The van der Waals surface area contributed by atoms with Crippen molar-refractivity contribution in [3.8, 4) is 5.75 Å². The zero-order chi connectivity index (χ0) is 24.6. The number of methoxy groups -OCH3 is 1. The first-order chi connectivity index (χ1) is 17.0. The minimum atomic E-state index is -0.593. The number of amidine groups is 1. The van der Waals surface area contributed by atoms with Gasteiger partial charge in [-0.15, -0.1) is 0 Å². The van der Waals surface area contributed by atoms with Crippen LogP contribution in [0, 0.1) is 5.82 Å². The van der Waals surface area contributed by atoms with Crippen molar-refractivity contribution in [2.24, 2.45) is 4.99 Å². The van der Waals surface area contributed by atoms with E-state index in [1.165, 1.54) is 23.9 Å². The smallest absolute Gasteiger partial charge is 0.234 e. The topological polar surface area (TPSA) is 71.0 Å². The van der Waals surface area contributed by atoms with Gasteiger partial charge >= 0.3 is 0 Å². The highest BCUT2D eigenvalue weighted by Gasteiger charge is 2.35. The average Bonchev–Trinajstić information content (AvgIpc) is 2.88. The van der Waals surface area contributed by atoms with Gasteiger partial charge in [0.2, 0.25) is 11.8 Å². The molecule has 4 rings (SSSR count). The molecule has 3 aromatic carbocycles. The molecule has 0 bridgehead atoms. The first-order valence-corrected chi connectivity index (χ1v) is 12.2. The van der Waals surface area contributed by atoms with E-state index in [0.29, 0.717) is 30.4 Å². The molecule has 8 heteroatoms. The van der Waals surface area contributed by atoms with Crippen LogP contribution in [-0.4, -0.2) is 40.8 Å². The Bertz CT molecular complexity index is 1180. The molecule has 0 aromatic heterocycles. The summed E-state index contributed by atoms with van der Waals surface area (Å²) in [7, 11) is 1.60. The van der Waals surface area contributed by atoms with Crippen LogP contribution in [0.5, 0.6) is 5.75 Å². The highest BCUT2D eigenvalue weighted by Crippen LogP contribution is 2.30. The summed E-state index contributed by atoms with van der Waals surface area (Å²) in [5.74, 6) is -0.0357. The standard InChI is InChI=1S/C27H26FN3O3S/c1-34-23-13-7-20(8-14-23)18-31-25(32)17-24(26(33)29-16-15-19-5-3-2-4-6-19)35-27(31)30-22-11-9-21(28)10-12-22/h2-14,24H,15-18H2,1H3,(H,29,33)/t24-/m0/s1. The number of hydrogen-bond acceptors (Lipinski definition) is 5. The second kappa shape index (κ2) is 11.7. The second-order valence-corrected chi connectivity index (χ2v) is 9.21. The molecule has 0 saturated carbocycles. The van der Waals surface area contributed by atoms with Gasteiger partial charge in [-0.3, -0.25) is 14.5 Å². The molecule has 35 heavy (non-hydrogen) atoms. The Morgan fingerprint density at radius 1 is 1.06 bits per heavy atom. The van der Waals surface area contributed by atoms with Gasteiger partial charge in [0.05, 0.1) is 24.6 Å². The molecule has 0 radical (unpaired) electrons. The molecule has 1 atom stereocenters. The predicted molar refractivity (Wildman–Crippen MR) is 136 cm³/mol. The third kappa shape index (κ3) is 6.70. The van der Waals surface area contributed by atoms with Gasteiger partial charge in [-0.05, 0) is 53.9 Å². The number of benzene rings is 3. The zero-order valence-corrected chi connectivity index (χ0v) is 20.1. The minimum absolute atomic E-state index is 0.0699. The van der Waals surface area contributed by atoms with Crippen molar-refractivity contribution in [2.45, 2.75) is 24.6 Å².